The predicted octanol–water partition coefficient (Wildman–Crippen LogP) is 4.95. The highest BCUT2D eigenvalue weighted by molar-refractivity contribution is 6.42. The predicted molar refractivity (Wildman–Crippen MR) is 113 cm³/mol. The largest absolute Gasteiger partial charge is 0.461 e. The summed E-state index contributed by atoms with van der Waals surface area (Å²) in [6.45, 7) is 1.80. The Bertz CT molecular complexity index is 1160. The van der Waals surface area contributed by atoms with E-state index in [-0.39, 0.29) is 25.2 Å². The Hall–Kier alpha value is -3.03. The van der Waals surface area contributed by atoms with Crippen molar-refractivity contribution < 1.29 is 23.5 Å². The molecule has 0 atom stereocenters. The minimum Gasteiger partial charge on any atom is -0.461 e. The average Bonchev–Trinajstić information content (AvgIpc) is 2.68. The Labute approximate surface area is 181 Å². The lowest BCUT2D eigenvalue weighted by Gasteiger charge is -2.09. The molecule has 7 nitrogen and oxygen atoms in total. The number of fused-ring (bicyclic) bond motifs is 1. The number of nitrogens with one attached hydrogen (secondary N) is 1. The van der Waals surface area contributed by atoms with Gasteiger partial charge in [0.05, 0.1) is 23.1 Å². The lowest BCUT2D eigenvalue weighted by Crippen LogP contribution is -2.13. The molecule has 0 saturated carbocycles. The molecule has 156 valence electrons. The zero-order valence-corrected chi connectivity index (χ0v) is 17.4. The zero-order chi connectivity index (χ0) is 21.7. The first-order valence-electron chi connectivity index (χ1n) is 8.96. The fourth-order valence-electron chi connectivity index (χ4n) is 2.74. The number of benzene rings is 2. The molecule has 0 unspecified atom stereocenters. The maximum Gasteiger partial charge on any atom is 0.411 e. The molecule has 0 aliphatic carbocycles. The molecular formula is C21H17Cl2NO6. The minimum atomic E-state index is -0.619. The molecule has 0 spiro atoms. The smallest absolute Gasteiger partial charge is 0.411 e. The monoisotopic (exact) mass is 449 g/mol. The Morgan fingerprint density at radius 3 is 2.57 bits per heavy atom. The molecule has 9 heteroatoms. The molecular weight excluding hydrogens is 433 g/mol. The fraction of sp³-hybridized carbons (Fsp3) is 0.190. The number of esters is 1. The van der Waals surface area contributed by atoms with E-state index in [1.807, 2.05) is 0 Å². The first-order chi connectivity index (χ1) is 14.4. The van der Waals surface area contributed by atoms with E-state index in [4.69, 9.17) is 37.1 Å². The van der Waals surface area contributed by atoms with E-state index in [1.165, 1.54) is 12.1 Å². The second-order valence-corrected chi connectivity index (χ2v) is 7.05. The Balaban J connectivity index is 1.73. The third-order valence-corrected chi connectivity index (χ3v) is 4.81. The van der Waals surface area contributed by atoms with Gasteiger partial charge in [0.25, 0.3) is 0 Å². The van der Waals surface area contributed by atoms with E-state index in [0.29, 0.717) is 32.2 Å². The Morgan fingerprint density at radius 2 is 1.83 bits per heavy atom. The van der Waals surface area contributed by atoms with E-state index < -0.39 is 17.7 Å². The van der Waals surface area contributed by atoms with Crippen LogP contribution in [0.15, 0.2) is 51.7 Å². The van der Waals surface area contributed by atoms with Crippen molar-refractivity contribution in [2.24, 2.45) is 0 Å². The molecule has 0 fully saturated rings. The summed E-state index contributed by atoms with van der Waals surface area (Å²) in [5.41, 5.74) is 1.17. The Kier molecular flexibility index (Phi) is 6.97. The molecule has 0 aliphatic rings. The van der Waals surface area contributed by atoms with E-state index in [0.717, 1.165) is 0 Å². The molecule has 0 saturated heterocycles. The van der Waals surface area contributed by atoms with Crippen LogP contribution in [0, 0.1) is 0 Å². The van der Waals surface area contributed by atoms with Crippen molar-refractivity contribution in [1.29, 1.82) is 0 Å². The van der Waals surface area contributed by atoms with Crippen LogP contribution in [0.4, 0.5) is 10.5 Å². The number of carbonyl (C=O) groups is 2. The third-order valence-electron chi connectivity index (χ3n) is 4.07. The topological polar surface area (TPSA) is 94.8 Å². The van der Waals surface area contributed by atoms with Crippen molar-refractivity contribution in [3.05, 3.63) is 74.1 Å². The van der Waals surface area contributed by atoms with Crippen molar-refractivity contribution >= 4 is 51.9 Å². The van der Waals surface area contributed by atoms with Gasteiger partial charge >= 0.3 is 17.7 Å². The third kappa shape index (κ3) is 5.52. The van der Waals surface area contributed by atoms with Gasteiger partial charge < -0.3 is 13.9 Å². The SMILES string of the molecule is CCOC(=O)Nc1ccc2c(COC(=O)Cc3ccc(Cl)c(Cl)c3)cc(=O)oc2c1. The van der Waals surface area contributed by atoms with Gasteiger partial charge in [-0.05, 0) is 36.8 Å². The second kappa shape index (κ2) is 9.65. The molecule has 3 rings (SSSR count). The van der Waals surface area contributed by atoms with Crippen molar-refractivity contribution in [1.82, 2.24) is 0 Å². The van der Waals surface area contributed by atoms with E-state index >= 15 is 0 Å². The van der Waals surface area contributed by atoms with Crippen LogP contribution in [0.25, 0.3) is 11.0 Å². The number of hydrogen-bond donors (Lipinski definition) is 1. The molecule has 0 radical (unpaired) electrons. The summed E-state index contributed by atoms with van der Waals surface area (Å²) in [7, 11) is 0. The van der Waals surface area contributed by atoms with Crippen LogP contribution in [-0.4, -0.2) is 18.7 Å². The summed E-state index contributed by atoms with van der Waals surface area (Å²) in [5, 5.41) is 3.85. The normalized spacial score (nSPS) is 10.6. The van der Waals surface area contributed by atoms with Crippen LogP contribution in [0.3, 0.4) is 0 Å². The average molecular weight is 450 g/mol. The van der Waals surface area contributed by atoms with Gasteiger partial charge in [0, 0.05) is 28.8 Å². The lowest BCUT2D eigenvalue weighted by atomic mass is 10.1. The molecule has 2 aromatic carbocycles. The molecule has 3 aromatic rings. The highest BCUT2D eigenvalue weighted by Crippen LogP contribution is 2.24. The Morgan fingerprint density at radius 1 is 1.03 bits per heavy atom. The molecule has 30 heavy (non-hydrogen) atoms. The summed E-state index contributed by atoms with van der Waals surface area (Å²) in [6.07, 6.45) is -0.615. The van der Waals surface area contributed by atoms with Gasteiger partial charge in [-0.25, -0.2) is 9.59 Å². The van der Waals surface area contributed by atoms with Gasteiger partial charge in [0.2, 0.25) is 0 Å². The summed E-state index contributed by atoms with van der Waals surface area (Å²) >= 11 is 11.8. The van der Waals surface area contributed by atoms with Gasteiger partial charge in [0.1, 0.15) is 12.2 Å². The number of halogens is 2. The van der Waals surface area contributed by atoms with Crippen LogP contribution >= 0.6 is 23.2 Å². The van der Waals surface area contributed by atoms with Crippen molar-refractivity contribution in [3.63, 3.8) is 0 Å². The number of hydrogen-bond acceptors (Lipinski definition) is 6. The van der Waals surface area contributed by atoms with Crippen LogP contribution in [0.5, 0.6) is 0 Å². The quantitative estimate of drug-likeness (QED) is 0.422. The van der Waals surface area contributed by atoms with Crippen LogP contribution in [0.1, 0.15) is 18.1 Å². The summed E-state index contributed by atoms with van der Waals surface area (Å²) in [5.74, 6) is -0.490. The standard InChI is InChI=1S/C21H17Cl2NO6/c1-2-28-21(27)24-14-4-5-15-13(9-20(26)30-18(15)10-14)11-29-19(25)8-12-3-6-16(22)17(23)7-12/h3-7,9-10H,2,8,11H2,1H3,(H,24,27). The minimum absolute atomic E-state index is 0.00384. The highest BCUT2D eigenvalue weighted by Gasteiger charge is 2.12. The van der Waals surface area contributed by atoms with Crippen LogP contribution in [0.2, 0.25) is 10.0 Å². The number of anilines is 1. The number of rotatable bonds is 6. The van der Waals surface area contributed by atoms with Gasteiger partial charge in [0.15, 0.2) is 0 Å². The van der Waals surface area contributed by atoms with Crippen LogP contribution < -0.4 is 10.9 Å². The molecule has 1 amide bonds. The number of ether oxygens (including phenoxy) is 2. The maximum absolute atomic E-state index is 12.2. The van der Waals surface area contributed by atoms with E-state index in [2.05, 4.69) is 5.32 Å². The highest BCUT2D eigenvalue weighted by atomic mass is 35.5. The van der Waals surface area contributed by atoms with Crippen LogP contribution in [-0.2, 0) is 27.3 Å². The molecule has 1 N–H and O–H groups in total. The van der Waals surface area contributed by atoms with Crippen molar-refractivity contribution in [2.45, 2.75) is 20.0 Å². The van der Waals surface area contributed by atoms with Gasteiger partial charge in [-0.1, -0.05) is 29.3 Å². The maximum atomic E-state index is 12.2. The van der Waals surface area contributed by atoms with Gasteiger partial charge in [-0.3, -0.25) is 10.1 Å². The molecule has 1 aromatic heterocycles. The molecule has 1 heterocycles. The second-order valence-electron chi connectivity index (χ2n) is 6.23. The zero-order valence-electron chi connectivity index (χ0n) is 15.9. The van der Waals surface area contributed by atoms with Crippen molar-refractivity contribution in [2.75, 3.05) is 11.9 Å². The lowest BCUT2D eigenvalue weighted by molar-refractivity contribution is -0.144. The number of amides is 1. The molecule has 0 bridgehead atoms. The summed E-state index contributed by atoms with van der Waals surface area (Å²) in [6, 6.07) is 10.9. The summed E-state index contributed by atoms with van der Waals surface area (Å²) in [4.78, 5) is 35.6. The fourth-order valence-corrected chi connectivity index (χ4v) is 3.06. The van der Waals surface area contributed by atoms with Gasteiger partial charge in [-0.15, -0.1) is 0 Å². The number of carbonyl (C=O) groups excluding carboxylic acids is 2. The first kappa shape index (κ1) is 21.7. The van der Waals surface area contributed by atoms with E-state index in [1.54, 1.807) is 37.3 Å². The van der Waals surface area contributed by atoms with Gasteiger partial charge in [-0.2, -0.15) is 0 Å². The van der Waals surface area contributed by atoms with Crippen molar-refractivity contribution in [3.8, 4) is 0 Å². The van der Waals surface area contributed by atoms with E-state index in [9.17, 15) is 14.4 Å². The summed E-state index contributed by atoms with van der Waals surface area (Å²) < 4.78 is 15.3. The molecule has 0 aliphatic heterocycles. The first-order valence-corrected chi connectivity index (χ1v) is 9.71.